The molecule has 1 aromatic rings. The summed E-state index contributed by atoms with van der Waals surface area (Å²) in [5.41, 5.74) is 5.97. The first kappa shape index (κ1) is 15.3. The Morgan fingerprint density at radius 2 is 2.33 bits per heavy atom. The van der Waals surface area contributed by atoms with Gasteiger partial charge in [0.25, 0.3) is 0 Å². The molecule has 0 bridgehead atoms. The number of halogens is 1. The van der Waals surface area contributed by atoms with Gasteiger partial charge < -0.3 is 15.2 Å². The number of nitrogens with zero attached hydrogens (tertiary/aromatic N) is 4. The van der Waals surface area contributed by atoms with Gasteiger partial charge >= 0.3 is 0 Å². The lowest BCUT2D eigenvalue weighted by Gasteiger charge is -2.38. The van der Waals surface area contributed by atoms with E-state index in [4.69, 9.17) is 5.73 Å². The number of piperidine rings is 1. The highest BCUT2D eigenvalue weighted by Gasteiger charge is 2.27. The third-order valence-corrected chi connectivity index (χ3v) is 3.47. The van der Waals surface area contributed by atoms with Crippen molar-refractivity contribution in [2.45, 2.75) is 26.3 Å². The van der Waals surface area contributed by atoms with Crippen molar-refractivity contribution in [3.63, 3.8) is 0 Å². The van der Waals surface area contributed by atoms with Crippen LogP contribution in [-0.4, -0.2) is 40.0 Å². The molecule has 1 aliphatic heterocycles. The molecule has 1 aromatic heterocycles. The molecule has 2 N–H and O–H groups in total. The molecule has 18 heavy (non-hydrogen) atoms. The second-order valence-corrected chi connectivity index (χ2v) is 4.62. The van der Waals surface area contributed by atoms with E-state index in [2.05, 4.69) is 26.4 Å². The van der Waals surface area contributed by atoms with E-state index in [9.17, 15) is 0 Å². The summed E-state index contributed by atoms with van der Waals surface area (Å²) in [6, 6.07) is 0.442. The van der Waals surface area contributed by atoms with Gasteiger partial charge in [-0.25, -0.2) is 4.98 Å². The van der Waals surface area contributed by atoms with Crippen LogP contribution in [0.5, 0.6) is 0 Å². The molecule has 2 atom stereocenters. The monoisotopic (exact) mass is 363 g/mol. The third kappa shape index (κ3) is 3.37. The molecule has 0 aromatic carbocycles. The molecule has 2 heterocycles. The van der Waals surface area contributed by atoms with E-state index < -0.39 is 0 Å². The number of aliphatic imine (C=N–C) groups is 1. The minimum Gasteiger partial charge on any atom is -0.370 e. The Balaban J connectivity index is 0.00000162. The topological polar surface area (TPSA) is 59.4 Å². The number of nitrogens with two attached hydrogens (primary N) is 1. The van der Waals surface area contributed by atoms with Crippen LogP contribution in [0.3, 0.4) is 0 Å². The van der Waals surface area contributed by atoms with Gasteiger partial charge in [-0.15, -0.1) is 24.0 Å². The predicted molar refractivity (Wildman–Crippen MR) is 84.2 cm³/mol. The first-order valence-corrected chi connectivity index (χ1v) is 6.24. The zero-order valence-electron chi connectivity index (χ0n) is 11.0. The Hall–Kier alpha value is -0.790. The van der Waals surface area contributed by atoms with E-state index in [1.54, 1.807) is 0 Å². The van der Waals surface area contributed by atoms with E-state index in [1.807, 2.05) is 25.6 Å². The van der Waals surface area contributed by atoms with Crippen molar-refractivity contribution in [1.29, 1.82) is 0 Å². The van der Waals surface area contributed by atoms with Gasteiger partial charge in [-0.3, -0.25) is 4.99 Å². The normalized spacial score (nSPS) is 24.8. The quantitative estimate of drug-likeness (QED) is 0.495. The summed E-state index contributed by atoms with van der Waals surface area (Å²) in [6.45, 7) is 6.96. The second kappa shape index (κ2) is 6.96. The van der Waals surface area contributed by atoms with Crippen molar-refractivity contribution in [1.82, 2.24) is 14.5 Å². The van der Waals surface area contributed by atoms with Crippen molar-refractivity contribution in [2.24, 2.45) is 16.6 Å². The molecule has 0 spiro atoms. The van der Waals surface area contributed by atoms with Gasteiger partial charge in [0.15, 0.2) is 5.96 Å². The standard InChI is InChI=1S/C12H21N5.HI/c1-3-15-12(13)16-6-4-10(2)11(8-16)17-7-5-14-9-17;/h5,7,9-11H,3-4,6,8H2,1-2H3,(H2,13,15);1H. The van der Waals surface area contributed by atoms with Crippen molar-refractivity contribution >= 4 is 29.9 Å². The molecule has 1 aliphatic rings. The van der Waals surface area contributed by atoms with Crippen LogP contribution in [0.2, 0.25) is 0 Å². The maximum absolute atomic E-state index is 5.97. The fourth-order valence-electron chi connectivity index (χ4n) is 2.37. The van der Waals surface area contributed by atoms with Crippen LogP contribution in [0.15, 0.2) is 23.7 Å². The summed E-state index contributed by atoms with van der Waals surface area (Å²) >= 11 is 0. The van der Waals surface area contributed by atoms with Crippen LogP contribution in [0.25, 0.3) is 0 Å². The molecule has 5 nitrogen and oxygen atoms in total. The summed E-state index contributed by atoms with van der Waals surface area (Å²) < 4.78 is 2.18. The van der Waals surface area contributed by atoms with Crippen LogP contribution in [-0.2, 0) is 0 Å². The molecule has 1 fully saturated rings. The van der Waals surface area contributed by atoms with Gasteiger partial charge in [0.1, 0.15) is 0 Å². The minimum atomic E-state index is 0. The third-order valence-electron chi connectivity index (χ3n) is 3.47. The van der Waals surface area contributed by atoms with Crippen LogP contribution < -0.4 is 5.73 Å². The predicted octanol–water partition coefficient (Wildman–Crippen LogP) is 1.72. The molecule has 0 saturated carbocycles. The lowest BCUT2D eigenvalue weighted by molar-refractivity contribution is 0.191. The maximum Gasteiger partial charge on any atom is 0.191 e. The van der Waals surface area contributed by atoms with E-state index >= 15 is 0 Å². The molecule has 1 saturated heterocycles. The SMILES string of the molecule is CCN=C(N)N1CCC(C)C(n2ccnc2)C1.I. The van der Waals surface area contributed by atoms with Crippen molar-refractivity contribution in [3.05, 3.63) is 18.7 Å². The molecular weight excluding hydrogens is 341 g/mol. The van der Waals surface area contributed by atoms with Crippen molar-refractivity contribution in [3.8, 4) is 0 Å². The van der Waals surface area contributed by atoms with Crippen LogP contribution in [0.1, 0.15) is 26.3 Å². The zero-order valence-corrected chi connectivity index (χ0v) is 13.3. The van der Waals surface area contributed by atoms with Gasteiger partial charge in [-0.05, 0) is 19.3 Å². The van der Waals surface area contributed by atoms with E-state index in [0.29, 0.717) is 17.9 Å². The Morgan fingerprint density at radius 1 is 1.56 bits per heavy atom. The van der Waals surface area contributed by atoms with Crippen LogP contribution in [0, 0.1) is 5.92 Å². The number of hydrogen-bond acceptors (Lipinski definition) is 2. The number of likely N-dealkylation sites (tertiary alicyclic amines) is 1. The Kier molecular flexibility index (Phi) is 5.90. The molecule has 0 radical (unpaired) electrons. The zero-order chi connectivity index (χ0) is 12.3. The summed E-state index contributed by atoms with van der Waals surface area (Å²) in [5.74, 6) is 1.32. The van der Waals surface area contributed by atoms with Gasteiger partial charge in [0.05, 0.1) is 12.4 Å². The molecular formula is C12H22IN5. The largest absolute Gasteiger partial charge is 0.370 e. The number of aromatic nitrogens is 2. The summed E-state index contributed by atoms with van der Waals surface area (Å²) in [7, 11) is 0. The fourth-order valence-corrected chi connectivity index (χ4v) is 2.37. The summed E-state index contributed by atoms with van der Waals surface area (Å²) in [6.07, 6.45) is 6.88. The highest BCUT2D eigenvalue weighted by molar-refractivity contribution is 14.0. The van der Waals surface area contributed by atoms with Crippen molar-refractivity contribution in [2.75, 3.05) is 19.6 Å². The molecule has 0 amide bonds. The Morgan fingerprint density at radius 3 is 2.94 bits per heavy atom. The first-order chi connectivity index (χ1) is 8.22. The van der Waals surface area contributed by atoms with Gasteiger partial charge in [0.2, 0.25) is 0 Å². The first-order valence-electron chi connectivity index (χ1n) is 6.24. The molecule has 102 valence electrons. The van der Waals surface area contributed by atoms with E-state index in [0.717, 1.165) is 26.1 Å². The number of imidazole rings is 1. The van der Waals surface area contributed by atoms with Gasteiger partial charge in [-0.2, -0.15) is 0 Å². The van der Waals surface area contributed by atoms with Crippen LogP contribution >= 0.6 is 24.0 Å². The summed E-state index contributed by atoms with van der Waals surface area (Å²) in [4.78, 5) is 10.6. The number of hydrogen-bond donors (Lipinski definition) is 1. The molecule has 6 heteroatoms. The minimum absolute atomic E-state index is 0. The van der Waals surface area contributed by atoms with Crippen molar-refractivity contribution < 1.29 is 0 Å². The van der Waals surface area contributed by atoms with E-state index in [1.165, 1.54) is 0 Å². The number of rotatable bonds is 2. The lowest BCUT2D eigenvalue weighted by Crippen LogP contribution is -2.47. The summed E-state index contributed by atoms with van der Waals surface area (Å²) in [5, 5.41) is 0. The van der Waals surface area contributed by atoms with Gasteiger partial charge in [-0.1, -0.05) is 6.92 Å². The lowest BCUT2D eigenvalue weighted by atomic mass is 9.93. The fraction of sp³-hybridized carbons (Fsp3) is 0.667. The van der Waals surface area contributed by atoms with Crippen LogP contribution in [0.4, 0.5) is 0 Å². The Labute approximate surface area is 125 Å². The second-order valence-electron chi connectivity index (χ2n) is 4.62. The molecule has 0 aliphatic carbocycles. The maximum atomic E-state index is 5.97. The average molecular weight is 363 g/mol. The Bertz CT molecular complexity index is 376. The number of guanidine groups is 1. The molecule has 2 rings (SSSR count). The highest BCUT2D eigenvalue weighted by atomic mass is 127. The average Bonchev–Trinajstić information content (AvgIpc) is 2.83. The highest BCUT2D eigenvalue weighted by Crippen LogP contribution is 2.27. The van der Waals surface area contributed by atoms with E-state index in [-0.39, 0.29) is 24.0 Å². The molecule has 2 unspecified atom stereocenters. The smallest absolute Gasteiger partial charge is 0.191 e. The van der Waals surface area contributed by atoms with Gasteiger partial charge in [0, 0.05) is 32.0 Å².